The number of amides is 2. The Morgan fingerprint density at radius 2 is 1.86 bits per heavy atom. The Kier molecular flexibility index (Phi) is 4.40. The lowest BCUT2D eigenvalue weighted by Crippen LogP contribution is -2.44. The lowest BCUT2D eigenvalue weighted by atomic mass is 9.93. The number of aliphatic hydroxyl groups excluding tert-OH is 1. The largest absolute Gasteiger partial charge is 0.366 e. The third-order valence-corrected chi connectivity index (χ3v) is 4.29. The average molecular weight is 304 g/mol. The molecule has 0 aliphatic carbocycles. The van der Waals surface area contributed by atoms with E-state index >= 15 is 0 Å². The van der Waals surface area contributed by atoms with Gasteiger partial charge in [-0.1, -0.05) is 18.2 Å². The molecule has 2 aliphatic heterocycles. The first-order chi connectivity index (χ1) is 10.6. The van der Waals surface area contributed by atoms with Crippen LogP contribution in [-0.4, -0.2) is 53.8 Å². The van der Waals surface area contributed by atoms with Crippen molar-refractivity contribution < 1.29 is 19.4 Å². The molecule has 3 rings (SSSR count). The lowest BCUT2D eigenvalue weighted by Gasteiger charge is -2.31. The van der Waals surface area contributed by atoms with Crippen LogP contribution in [0.25, 0.3) is 0 Å². The lowest BCUT2D eigenvalue weighted by molar-refractivity contribution is -0.131. The van der Waals surface area contributed by atoms with E-state index in [1.165, 1.54) is 0 Å². The molecule has 0 radical (unpaired) electrons. The van der Waals surface area contributed by atoms with Crippen LogP contribution >= 0.6 is 0 Å². The van der Waals surface area contributed by atoms with Gasteiger partial charge in [0.1, 0.15) is 6.10 Å². The second-order valence-corrected chi connectivity index (χ2v) is 5.76. The van der Waals surface area contributed by atoms with Crippen molar-refractivity contribution in [3.8, 4) is 0 Å². The summed E-state index contributed by atoms with van der Waals surface area (Å²) in [6, 6.07) is 8.84. The Balaban J connectivity index is 1.42. The molecule has 2 N–H and O–H groups in total. The van der Waals surface area contributed by atoms with Crippen LogP contribution in [0.15, 0.2) is 30.3 Å². The van der Waals surface area contributed by atoms with E-state index in [2.05, 4.69) is 5.32 Å². The van der Waals surface area contributed by atoms with E-state index in [1.807, 2.05) is 6.07 Å². The highest BCUT2D eigenvalue weighted by molar-refractivity contribution is 5.96. The molecule has 2 fully saturated rings. The monoisotopic (exact) mass is 304 g/mol. The van der Waals surface area contributed by atoms with E-state index in [-0.39, 0.29) is 24.5 Å². The van der Waals surface area contributed by atoms with Crippen LogP contribution in [0.3, 0.4) is 0 Å². The van der Waals surface area contributed by atoms with Gasteiger partial charge in [0.25, 0.3) is 5.91 Å². The Morgan fingerprint density at radius 3 is 2.45 bits per heavy atom. The number of hydrogen-bond donors (Lipinski definition) is 2. The Bertz CT molecular complexity index is 540. The first-order valence-corrected chi connectivity index (χ1v) is 7.59. The number of likely N-dealkylation sites (tertiary alicyclic amines) is 1. The van der Waals surface area contributed by atoms with E-state index in [0.29, 0.717) is 24.6 Å². The van der Waals surface area contributed by atoms with Crippen molar-refractivity contribution in [1.82, 2.24) is 10.2 Å². The molecule has 2 amide bonds. The van der Waals surface area contributed by atoms with Gasteiger partial charge in [-0.3, -0.25) is 9.59 Å². The zero-order valence-electron chi connectivity index (χ0n) is 12.3. The maximum absolute atomic E-state index is 12.1. The third kappa shape index (κ3) is 3.45. The highest BCUT2D eigenvalue weighted by Crippen LogP contribution is 2.34. The first-order valence-electron chi connectivity index (χ1n) is 7.59. The molecule has 0 spiro atoms. The minimum absolute atomic E-state index is 0.0148. The van der Waals surface area contributed by atoms with Gasteiger partial charge in [-0.25, -0.2) is 0 Å². The molecule has 2 aliphatic rings. The van der Waals surface area contributed by atoms with Gasteiger partial charge in [0.15, 0.2) is 6.29 Å². The fraction of sp³-hybridized carbons (Fsp3) is 0.500. The molecule has 2 heterocycles. The number of nitrogens with one attached hydrogen (secondary N) is 1. The smallest absolute Gasteiger partial charge is 0.251 e. The van der Waals surface area contributed by atoms with Gasteiger partial charge in [-0.15, -0.1) is 0 Å². The highest BCUT2D eigenvalue weighted by atomic mass is 16.7. The number of carbonyl (C=O) groups is 2. The Hall–Kier alpha value is -1.92. The number of carbonyl (C=O) groups excluding carboxylic acids is 2. The van der Waals surface area contributed by atoms with Crippen molar-refractivity contribution in [2.45, 2.75) is 25.2 Å². The van der Waals surface area contributed by atoms with Crippen LogP contribution in [0, 0.1) is 5.92 Å². The predicted octanol–water partition coefficient (Wildman–Crippen LogP) is 0.372. The van der Waals surface area contributed by atoms with Crippen molar-refractivity contribution in [3.63, 3.8) is 0 Å². The molecule has 2 atom stereocenters. The number of piperidine rings is 1. The summed E-state index contributed by atoms with van der Waals surface area (Å²) >= 11 is 0. The zero-order chi connectivity index (χ0) is 15.5. The second-order valence-electron chi connectivity index (χ2n) is 5.76. The molecule has 22 heavy (non-hydrogen) atoms. The summed E-state index contributed by atoms with van der Waals surface area (Å²) in [6.45, 7) is 1.32. The molecule has 0 aromatic heterocycles. The summed E-state index contributed by atoms with van der Waals surface area (Å²) in [5.74, 6) is 0.0243. The van der Waals surface area contributed by atoms with Crippen LogP contribution in [0.2, 0.25) is 0 Å². The van der Waals surface area contributed by atoms with Crippen molar-refractivity contribution >= 4 is 11.8 Å². The predicted molar refractivity (Wildman–Crippen MR) is 79.0 cm³/mol. The molecule has 0 saturated carbocycles. The van der Waals surface area contributed by atoms with Crippen molar-refractivity contribution in [2.24, 2.45) is 5.92 Å². The Labute approximate surface area is 129 Å². The van der Waals surface area contributed by atoms with Crippen LogP contribution in [-0.2, 0) is 9.53 Å². The SMILES string of the molecule is O=C(NCC(=O)N1CCC(C2OC2O)CC1)c1ccccc1. The van der Waals surface area contributed by atoms with E-state index < -0.39 is 6.29 Å². The number of nitrogens with zero attached hydrogens (tertiary/aromatic N) is 1. The van der Waals surface area contributed by atoms with Gasteiger partial charge in [0.05, 0.1) is 6.54 Å². The molecule has 2 saturated heterocycles. The van der Waals surface area contributed by atoms with Gasteiger partial charge in [0, 0.05) is 18.7 Å². The third-order valence-electron chi connectivity index (χ3n) is 4.29. The van der Waals surface area contributed by atoms with Crippen molar-refractivity contribution in [2.75, 3.05) is 19.6 Å². The number of epoxide rings is 1. The van der Waals surface area contributed by atoms with E-state index in [4.69, 9.17) is 4.74 Å². The number of hydrogen-bond acceptors (Lipinski definition) is 4. The summed E-state index contributed by atoms with van der Waals surface area (Å²) in [5.41, 5.74) is 0.550. The molecule has 1 aromatic rings. The number of aliphatic hydroxyl groups is 1. The van der Waals surface area contributed by atoms with Crippen molar-refractivity contribution in [3.05, 3.63) is 35.9 Å². The van der Waals surface area contributed by atoms with E-state index in [0.717, 1.165) is 12.8 Å². The fourth-order valence-corrected chi connectivity index (χ4v) is 2.90. The van der Waals surface area contributed by atoms with Crippen LogP contribution < -0.4 is 5.32 Å². The second kappa shape index (κ2) is 6.46. The molecular formula is C16H20N2O4. The number of rotatable bonds is 4. The minimum Gasteiger partial charge on any atom is -0.366 e. The van der Waals surface area contributed by atoms with Gasteiger partial charge < -0.3 is 20.1 Å². The van der Waals surface area contributed by atoms with Crippen molar-refractivity contribution in [1.29, 1.82) is 0 Å². The van der Waals surface area contributed by atoms with Crippen LogP contribution in [0.4, 0.5) is 0 Å². The van der Waals surface area contributed by atoms with E-state index in [9.17, 15) is 14.7 Å². The molecule has 1 aromatic carbocycles. The number of benzene rings is 1. The number of ether oxygens (including phenoxy) is 1. The van der Waals surface area contributed by atoms with Crippen LogP contribution in [0.5, 0.6) is 0 Å². The van der Waals surface area contributed by atoms with Gasteiger partial charge in [0.2, 0.25) is 5.91 Å². The van der Waals surface area contributed by atoms with Gasteiger partial charge >= 0.3 is 0 Å². The molecule has 0 bridgehead atoms. The summed E-state index contributed by atoms with van der Waals surface area (Å²) in [4.78, 5) is 25.8. The Morgan fingerprint density at radius 1 is 1.23 bits per heavy atom. The summed E-state index contributed by atoms with van der Waals surface area (Å²) in [5, 5.41) is 11.9. The topological polar surface area (TPSA) is 82.2 Å². The van der Waals surface area contributed by atoms with Crippen LogP contribution in [0.1, 0.15) is 23.2 Å². The molecule has 2 unspecified atom stereocenters. The fourth-order valence-electron chi connectivity index (χ4n) is 2.90. The average Bonchev–Trinajstić information content (AvgIpc) is 3.30. The molecular weight excluding hydrogens is 284 g/mol. The maximum Gasteiger partial charge on any atom is 0.251 e. The maximum atomic E-state index is 12.1. The summed E-state index contributed by atoms with van der Waals surface area (Å²) < 4.78 is 5.08. The van der Waals surface area contributed by atoms with Gasteiger partial charge in [-0.2, -0.15) is 0 Å². The van der Waals surface area contributed by atoms with Gasteiger partial charge in [-0.05, 0) is 30.9 Å². The molecule has 6 nitrogen and oxygen atoms in total. The molecule has 6 heteroatoms. The summed E-state index contributed by atoms with van der Waals surface area (Å²) in [6.07, 6.45) is 1.01. The minimum atomic E-state index is -0.614. The zero-order valence-corrected chi connectivity index (χ0v) is 12.3. The van der Waals surface area contributed by atoms with E-state index in [1.54, 1.807) is 29.2 Å². The highest BCUT2D eigenvalue weighted by Gasteiger charge is 2.44. The first kappa shape index (κ1) is 15.0. The normalized spacial score (nSPS) is 24.9. The standard InChI is InChI=1S/C16H20N2O4/c19-13(10-17-15(20)12-4-2-1-3-5-12)18-8-6-11(7-9-18)14-16(21)22-14/h1-5,11,14,16,21H,6-10H2,(H,17,20). The molecule has 118 valence electrons. The quantitative estimate of drug-likeness (QED) is 0.788. The summed E-state index contributed by atoms with van der Waals surface area (Å²) in [7, 11) is 0.